The van der Waals surface area contributed by atoms with Gasteiger partial charge in [0.05, 0.1) is 31.7 Å². The minimum atomic E-state index is -0.00439. The number of fused-ring (bicyclic) bond motifs is 5. The predicted octanol–water partition coefficient (Wildman–Crippen LogP) is 2.38. The van der Waals surface area contributed by atoms with Crippen LogP contribution in [0.4, 0.5) is 4.79 Å². The van der Waals surface area contributed by atoms with Gasteiger partial charge in [-0.15, -0.1) is 0 Å². The van der Waals surface area contributed by atoms with Gasteiger partial charge in [0.1, 0.15) is 5.75 Å². The van der Waals surface area contributed by atoms with E-state index in [1.807, 2.05) is 29.2 Å². The number of benzene rings is 1. The summed E-state index contributed by atoms with van der Waals surface area (Å²) in [5.41, 5.74) is 3.93. The monoisotopic (exact) mass is 382 g/mol. The first-order valence-corrected chi connectivity index (χ1v) is 10.1. The molecule has 7 heteroatoms. The second-order valence-corrected chi connectivity index (χ2v) is 7.77. The summed E-state index contributed by atoms with van der Waals surface area (Å²) < 4.78 is 12.6. The van der Waals surface area contributed by atoms with Crippen LogP contribution in [0.2, 0.25) is 0 Å². The van der Waals surface area contributed by atoms with E-state index in [4.69, 9.17) is 14.6 Å². The van der Waals surface area contributed by atoms with Crippen LogP contribution in [-0.2, 0) is 17.8 Å². The van der Waals surface area contributed by atoms with Crippen LogP contribution >= 0.6 is 0 Å². The number of amides is 1. The third kappa shape index (κ3) is 2.99. The molecular weight excluding hydrogens is 356 g/mol. The van der Waals surface area contributed by atoms with Crippen molar-refractivity contribution in [2.75, 3.05) is 39.9 Å². The Kier molecular flexibility index (Phi) is 4.56. The molecule has 2 aromatic rings. The van der Waals surface area contributed by atoms with Gasteiger partial charge < -0.3 is 19.3 Å². The number of methoxy groups -OCH3 is 1. The maximum atomic E-state index is 13.5. The molecule has 0 aliphatic carbocycles. The number of hydrogen-bond donors (Lipinski definition) is 0. The molecule has 0 unspecified atom stereocenters. The van der Waals surface area contributed by atoms with E-state index >= 15 is 0 Å². The molecule has 3 saturated heterocycles. The van der Waals surface area contributed by atoms with Crippen molar-refractivity contribution in [3.63, 3.8) is 0 Å². The number of ether oxygens (including phenoxy) is 2. The van der Waals surface area contributed by atoms with E-state index in [2.05, 4.69) is 4.90 Å². The molecule has 2 bridgehead atoms. The number of nitrogens with zero attached hydrogens (tertiary/aromatic N) is 4. The van der Waals surface area contributed by atoms with Crippen LogP contribution in [-0.4, -0.2) is 71.5 Å². The highest BCUT2D eigenvalue weighted by Crippen LogP contribution is 2.31. The third-order valence-electron chi connectivity index (χ3n) is 6.27. The second kappa shape index (κ2) is 7.22. The summed E-state index contributed by atoms with van der Waals surface area (Å²) in [5.74, 6) is 0.812. The molecule has 4 aliphatic rings. The number of hydrogen-bond acceptors (Lipinski definition) is 5. The highest BCUT2D eigenvalue weighted by atomic mass is 16.5. The molecule has 0 spiro atoms. The van der Waals surface area contributed by atoms with Crippen molar-refractivity contribution >= 4 is 6.03 Å². The maximum absolute atomic E-state index is 13.5. The van der Waals surface area contributed by atoms with Crippen molar-refractivity contribution in [3.8, 4) is 17.0 Å². The number of piperidine rings is 1. The van der Waals surface area contributed by atoms with Crippen molar-refractivity contribution in [3.05, 3.63) is 35.5 Å². The minimum Gasteiger partial charge on any atom is -0.497 e. The Hall–Kier alpha value is -2.38. The van der Waals surface area contributed by atoms with Crippen molar-refractivity contribution in [2.24, 2.45) is 0 Å². The van der Waals surface area contributed by atoms with Crippen molar-refractivity contribution in [2.45, 2.75) is 31.9 Å². The Morgan fingerprint density at radius 2 is 1.93 bits per heavy atom. The lowest BCUT2D eigenvalue weighted by Gasteiger charge is -2.31. The van der Waals surface area contributed by atoms with E-state index in [-0.39, 0.29) is 6.03 Å². The zero-order valence-electron chi connectivity index (χ0n) is 16.3. The molecule has 4 aliphatic heterocycles. The van der Waals surface area contributed by atoms with E-state index in [0.29, 0.717) is 19.3 Å². The van der Waals surface area contributed by atoms with E-state index in [1.54, 1.807) is 11.8 Å². The van der Waals surface area contributed by atoms with Gasteiger partial charge in [0, 0.05) is 43.3 Å². The SMILES string of the molecule is COc1ccc(-c2nn(C(=O)N3CCN4CCC3CC4)c3c2CCOC3)cc1. The molecular formula is C21H26N4O3. The maximum Gasteiger partial charge on any atom is 0.345 e. The average molecular weight is 382 g/mol. The highest BCUT2D eigenvalue weighted by molar-refractivity contribution is 5.80. The lowest BCUT2D eigenvalue weighted by Crippen LogP contribution is -2.44. The van der Waals surface area contributed by atoms with Crippen LogP contribution in [0.1, 0.15) is 24.1 Å². The van der Waals surface area contributed by atoms with Gasteiger partial charge in [-0.1, -0.05) is 0 Å². The normalized spacial score (nSPS) is 24.0. The summed E-state index contributed by atoms with van der Waals surface area (Å²) in [6.07, 6.45) is 2.88. The van der Waals surface area contributed by atoms with Gasteiger partial charge >= 0.3 is 6.03 Å². The smallest absolute Gasteiger partial charge is 0.345 e. The van der Waals surface area contributed by atoms with Crippen LogP contribution in [0.5, 0.6) is 5.75 Å². The van der Waals surface area contributed by atoms with Crippen LogP contribution < -0.4 is 4.74 Å². The fourth-order valence-corrected chi connectivity index (χ4v) is 4.64. The molecule has 1 aromatic heterocycles. The molecule has 0 atom stereocenters. The van der Waals surface area contributed by atoms with Crippen molar-refractivity contribution in [1.82, 2.24) is 19.6 Å². The lowest BCUT2D eigenvalue weighted by atomic mass is 10.0. The minimum absolute atomic E-state index is 0.00439. The van der Waals surface area contributed by atoms with Gasteiger partial charge in [-0.2, -0.15) is 9.78 Å². The fourth-order valence-electron chi connectivity index (χ4n) is 4.64. The largest absolute Gasteiger partial charge is 0.497 e. The van der Waals surface area contributed by atoms with Gasteiger partial charge in [0.2, 0.25) is 0 Å². The molecule has 0 saturated carbocycles. The fraction of sp³-hybridized carbons (Fsp3) is 0.524. The molecule has 6 rings (SSSR count). The Labute approximate surface area is 164 Å². The van der Waals surface area contributed by atoms with Gasteiger partial charge in [-0.05, 0) is 43.5 Å². The summed E-state index contributed by atoms with van der Waals surface area (Å²) in [4.78, 5) is 18.0. The van der Waals surface area contributed by atoms with E-state index in [0.717, 1.165) is 73.7 Å². The Bertz CT molecular complexity index is 869. The molecule has 1 aromatic carbocycles. The van der Waals surface area contributed by atoms with Gasteiger partial charge in [-0.3, -0.25) is 0 Å². The Balaban J connectivity index is 1.52. The number of aromatic nitrogens is 2. The molecule has 7 nitrogen and oxygen atoms in total. The summed E-state index contributed by atoms with van der Waals surface area (Å²) in [7, 11) is 1.66. The molecule has 3 fully saturated rings. The zero-order valence-corrected chi connectivity index (χ0v) is 16.3. The average Bonchev–Trinajstić information content (AvgIpc) is 2.88. The quantitative estimate of drug-likeness (QED) is 0.798. The van der Waals surface area contributed by atoms with Crippen LogP contribution in [0, 0.1) is 0 Å². The van der Waals surface area contributed by atoms with Gasteiger partial charge in [-0.25, -0.2) is 4.79 Å². The summed E-state index contributed by atoms with van der Waals surface area (Å²) in [5, 5.41) is 4.80. The topological polar surface area (TPSA) is 59.8 Å². The summed E-state index contributed by atoms with van der Waals surface area (Å²) in [6.45, 7) is 5.01. The standard InChI is InChI=1S/C21H26N4O3/c1-27-17-4-2-15(3-5-17)20-18-8-13-28-14-19(18)25(22-20)21(26)24-12-11-23-9-6-16(24)7-10-23/h2-5,16H,6-14H2,1H3. The third-order valence-corrected chi connectivity index (χ3v) is 6.27. The van der Waals surface area contributed by atoms with Crippen LogP contribution in [0.15, 0.2) is 24.3 Å². The zero-order chi connectivity index (χ0) is 19.1. The van der Waals surface area contributed by atoms with Crippen LogP contribution in [0.3, 0.4) is 0 Å². The van der Waals surface area contributed by atoms with E-state index in [9.17, 15) is 4.79 Å². The molecule has 0 radical (unpaired) electrons. The number of carbonyl (C=O) groups excluding carboxylic acids is 1. The van der Waals surface area contributed by atoms with E-state index < -0.39 is 0 Å². The molecule has 1 amide bonds. The van der Waals surface area contributed by atoms with E-state index in [1.165, 1.54) is 0 Å². The lowest BCUT2D eigenvalue weighted by molar-refractivity contribution is 0.103. The number of carbonyl (C=O) groups is 1. The second-order valence-electron chi connectivity index (χ2n) is 7.77. The Morgan fingerprint density at radius 3 is 2.68 bits per heavy atom. The van der Waals surface area contributed by atoms with Gasteiger partial charge in [0.15, 0.2) is 0 Å². The summed E-state index contributed by atoms with van der Waals surface area (Å²) in [6, 6.07) is 8.20. The Morgan fingerprint density at radius 1 is 1.14 bits per heavy atom. The van der Waals surface area contributed by atoms with Crippen molar-refractivity contribution < 1.29 is 14.3 Å². The van der Waals surface area contributed by atoms with Gasteiger partial charge in [0.25, 0.3) is 0 Å². The first-order chi connectivity index (χ1) is 13.7. The molecule has 28 heavy (non-hydrogen) atoms. The van der Waals surface area contributed by atoms with Crippen LogP contribution in [0.25, 0.3) is 11.3 Å². The number of rotatable bonds is 2. The molecule has 5 heterocycles. The predicted molar refractivity (Wildman–Crippen MR) is 105 cm³/mol. The van der Waals surface area contributed by atoms with Crippen molar-refractivity contribution in [1.29, 1.82) is 0 Å². The summed E-state index contributed by atoms with van der Waals surface area (Å²) >= 11 is 0. The first kappa shape index (κ1) is 17.7. The molecule has 148 valence electrons. The molecule has 0 N–H and O–H groups in total. The highest BCUT2D eigenvalue weighted by Gasteiger charge is 2.35. The first-order valence-electron chi connectivity index (χ1n) is 10.1.